The molecule has 1 saturated heterocycles. The molecule has 0 bridgehead atoms. The number of nitrogens with one attached hydrogen (secondary N) is 2. The third-order valence-corrected chi connectivity index (χ3v) is 10.7. The van der Waals surface area contributed by atoms with E-state index in [0.29, 0.717) is 30.6 Å². The minimum absolute atomic E-state index is 0.114. The zero-order chi connectivity index (χ0) is 25.5. The number of oxime groups is 1. The van der Waals surface area contributed by atoms with Gasteiger partial charge in [0, 0.05) is 12.5 Å². The van der Waals surface area contributed by atoms with E-state index < -0.39 is 6.04 Å². The van der Waals surface area contributed by atoms with Crippen molar-refractivity contribution in [3.05, 3.63) is 11.6 Å². The van der Waals surface area contributed by atoms with Crippen LogP contribution in [-0.4, -0.2) is 42.5 Å². The molecule has 4 aliphatic carbocycles. The van der Waals surface area contributed by atoms with Crippen LogP contribution in [0.3, 0.4) is 0 Å². The number of fused-ring (bicyclic) bond motifs is 5. The Bertz CT molecular complexity index is 974. The number of hydrogen-bond donors (Lipinski definition) is 2. The van der Waals surface area contributed by atoms with Gasteiger partial charge in [-0.1, -0.05) is 24.6 Å². The fraction of sp³-hybridized carbons (Fsp3) is 0.793. The van der Waals surface area contributed by atoms with Crippen LogP contribution in [0.5, 0.6) is 0 Å². The second-order valence-corrected chi connectivity index (χ2v) is 12.6. The minimum Gasteiger partial charge on any atom is -0.385 e. The second-order valence-electron chi connectivity index (χ2n) is 12.6. The van der Waals surface area contributed by atoms with Gasteiger partial charge < -0.3 is 15.5 Å². The summed E-state index contributed by atoms with van der Waals surface area (Å²) in [5.74, 6) is 2.30. The Morgan fingerprint density at radius 3 is 2.72 bits per heavy atom. The van der Waals surface area contributed by atoms with Crippen LogP contribution < -0.4 is 10.6 Å². The van der Waals surface area contributed by atoms with Gasteiger partial charge in [-0.2, -0.15) is 0 Å². The number of allylic oxidation sites excluding steroid dienone is 2. The summed E-state index contributed by atoms with van der Waals surface area (Å²) in [6.45, 7) is 7.16. The van der Waals surface area contributed by atoms with E-state index >= 15 is 0 Å². The molecule has 5 rings (SSSR count). The van der Waals surface area contributed by atoms with Gasteiger partial charge in [0.05, 0.1) is 5.71 Å². The van der Waals surface area contributed by atoms with E-state index in [1.165, 1.54) is 31.3 Å². The summed E-state index contributed by atoms with van der Waals surface area (Å²) in [7, 11) is 0. The maximum Gasteiger partial charge on any atom is 0.261 e. The molecule has 0 aromatic heterocycles. The monoisotopic (exact) mass is 497 g/mol. The Balaban J connectivity index is 1.20. The number of nitrogens with zero attached hydrogens (tertiary/aromatic N) is 1. The quantitative estimate of drug-likeness (QED) is 0.553. The number of Topliss-reactive ketones (excluding diaryl/α,β-unsaturated/α-hetero) is 1. The third kappa shape index (κ3) is 4.51. The van der Waals surface area contributed by atoms with Gasteiger partial charge in [-0.15, -0.1) is 0 Å². The van der Waals surface area contributed by atoms with E-state index in [1.807, 2.05) is 0 Å². The van der Waals surface area contributed by atoms with Crippen molar-refractivity contribution in [2.24, 2.45) is 39.7 Å². The van der Waals surface area contributed by atoms with Gasteiger partial charge >= 0.3 is 0 Å². The first kappa shape index (κ1) is 25.5. The van der Waals surface area contributed by atoms with Crippen LogP contribution in [0.25, 0.3) is 0 Å². The van der Waals surface area contributed by atoms with Crippen molar-refractivity contribution >= 4 is 23.3 Å². The highest BCUT2D eigenvalue weighted by Crippen LogP contribution is 2.66. The van der Waals surface area contributed by atoms with Gasteiger partial charge in [-0.25, -0.2) is 0 Å². The smallest absolute Gasteiger partial charge is 0.261 e. The highest BCUT2D eigenvalue weighted by atomic mass is 16.6. The molecule has 7 atom stereocenters. The lowest BCUT2D eigenvalue weighted by molar-refractivity contribution is -0.131. The number of hydrogen-bond acceptors (Lipinski definition) is 5. The molecule has 5 aliphatic rings. The Hall–Kier alpha value is -2.18. The molecule has 0 aromatic rings. The van der Waals surface area contributed by atoms with E-state index in [1.54, 1.807) is 6.92 Å². The predicted octanol–water partition coefficient (Wildman–Crippen LogP) is 4.31. The van der Waals surface area contributed by atoms with E-state index in [2.05, 4.69) is 35.7 Å². The molecule has 7 nitrogen and oxygen atoms in total. The molecule has 7 heteroatoms. The van der Waals surface area contributed by atoms with Crippen LogP contribution in [0.1, 0.15) is 91.4 Å². The van der Waals surface area contributed by atoms with Gasteiger partial charge in [-0.05, 0) is 112 Å². The maximum atomic E-state index is 12.4. The zero-order valence-corrected chi connectivity index (χ0v) is 22.2. The van der Waals surface area contributed by atoms with Gasteiger partial charge in [-0.3, -0.25) is 14.4 Å². The molecule has 1 aliphatic heterocycles. The fourth-order valence-electron chi connectivity index (χ4n) is 8.80. The Morgan fingerprint density at radius 2 is 1.92 bits per heavy atom. The van der Waals surface area contributed by atoms with Crippen molar-refractivity contribution in [2.45, 2.75) is 97.4 Å². The normalized spacial score (nSPS) is 41.2. The van der Waals surface area contributed by atoms with Crippen LogP contribution in [0.4, 0.5) is 0 Å². The van der Waals surface area contributed by atoms with Gasteiger partial charge in [0.25, 0.3) is 5.91 Å². The summed E-state index contributed by atoms with van der Waals surface area (Å²) in [5, 5.41) is 9.93. The topological polar surface area (TPSA) is 96.9 Å². The molecular formula is C29H43N3O4. The van der Waals surface area contributed by atoms with Crippen molar-refractivity contribution in [3.63, 3.8) is 0 Å². The summed E-state index contributed by atoms with van der Waals surface area (Å²) in [6, 6.07) is -0.480. The standard InChI is InChI=1S/C29H43N3O4/c1-18(33)22-9-10-23-21-8-7-19-16-20(11-13-28(19,2)24(21)12-14-29(22,23)3)32-36-17-26(34)31-25-6-4-5-15-30-27(25)35/h16,21-25H,4-15,17H2,1-3H3,(H,30,35)(H,31,34)/b32-20+/t21-,22+,23-,24-,25+,28-,29+/m0/s1. The maximum absolute atomic E-state index is 12.4. The average Bonchev–Trinajstić information content (AvgIpc) is 3.08. The first-order valence-electron chi connectivity index (χ1n) is 14.2. The van der Waals surface area contributed by atoms with Gasteiger partial charge in [0.15, 0.2) is 6.61 Å². The van der Waals surface area contributed by atoms with Crippen LogP contribution in [0, 0.1) is 34.5 Å². The molecule has 0 radical (unpaired) electrons. The molecule has 1 heterocycles. The van der Waals surface area contributed by atoms with E-state index in [0.717, 1.165) is 50.2 Å². The van der Waals surface area contributed by atoms with Crippen LogP contribution in [-0.2, 0) is 19.2 Å². The lowest BCUT2D eigenvalue weighted by atomic mass is 9.46. The number of carbonyl (C=O) groups is 3. The largest absolute Gasteiger partial charge is 0.385 e. The van der Waals surface area contributed by atoms with Crippen molar-refractivity contribution in [3.8, 4) is 0 Å². The molecule has 2 N–H and O–H groups in total. The summed E-state index contributed by atoms with van der Waals surface area (Å²) >= 11 is 0. The molecule has 198 valence electrons. The highest BCUT2D eigenvalue weighted by Gasteiger charge is 2.59. The zero-order valence-electron chi connectivity index (χ0n) is 22.2. The summed E-state index contributed by atoms with van der Waals surface area (Å²) in [6.07, 6.45) is 13.6. The van der Waals surface area contributed by atoms with Crippen molar-refractivity contribution in [1.29, 1.82) is 0 Å². The number of carbonyl (C=O) groups excluding carboxylic acids is 3. The summed E-state index contributed by atoms with van der Waals surface area (Å²) in [4.78, 5) is 42.2. The van der Waals surface area contributed by atoms with E-state index in [4.69, 9.17) is 4.84 Å². The molecule has 0 spiro atoms. The minimum atomic E-state index is -0.480. The molecule has 3 saturated carbocycles. The number of amides is 2. The van der Waals surface area contributed by atoms with E-state index in [9.17, 15) is 14.4 Å². The summed E-state index contributed by atoms with van der Waals surface area (Å²) in [5.41, 5.74) is 2.79. The van der Waals surface area contributed by atoms with E-state index in [-0.39, 0.29) is 35.2 Å². The molecule has 2 amide bonds. The average molecular weight is 498 g/mol. The lowest BCUT2D eigenvalue weighted by Gasteiger charge is -2.58. The first-order valence-corrected chi connectivity index (χ1v) is 14.2. The van der Waals surface area contributed by atoms with Crippen LogP contribution >= 0.6 is 0 Å². The molecule has 4 fully saturated rings. The lowest BCUT2D eigenvalue weighted by Crippen LogP contribution is -2.51. The molecule has 0 aromatic carbocycles. The molecule has 0 unspecified atom stereocenters. The van der Waals surface area contributed by atoms with Gasteiger partial charge in [0.1, 0.15) is 11.8 Å². The van der Waals surface area contributed by atoms with Crippen molar-refractivity contribution in [1.82, 2.24) is 10.6 Å². The van der Waals surface area contributed by atoms with Crippen LogP contribution in [0.2, 0.25) is 0 Å². The Morgan fingerprint density at radius 1 is 1.08 bits per heavy atom. The predicted molar refractivity (Wildman–Crippen MR) is 138 cm³/mol. The Labute approximate surface area is 215 Å². The SMILES string of the molecule is CC(=O)[C@H]1CC[C@H]2[C@@H]3CCC4=C/C(=N/OCC(=O)N[C@@H]5CCCCNC5=O)CC[C@]4(C)[C@H]3CC[C@]12C. The third-order valence-electron chi connectivity index (χ3n) is 10.7. The van der Waals surface area contributed by atoms with Crippen LogP contribution in [0.15, 0.2) is 16.8 Å². The number of rotatable bonds is 5. The Kier molecular flexibility index (Phi) is 7.03. The molecular weight excluding hydrogens is 454 g/mol. The van der Waals surface area contributed by atoms with Crippen molar-refractivity contribution < 1.29 is 19.2 Å². The van der Waals surface area contributed by atoms with Crippen molar-refractivity contribution in [2.75, 3.05) is 13.2 Å². The number of ketones is 1. The van der Waals surface area contributed by atoms with Gasteiger partial charge in [0.2, 0.25) is 5.91 Å². The molecule has 36 heavy (non-hydrogen) atoms. The highest BCUT2D eigenvalue weighted by molar-refractivity contribution is 5.96. The fourth-order valence-corrected chi connectivity index (χ4v) is 8.80. The first-order chi connectivity index (χ1) is 17.2. The summed E-state index contributed by atoms with van der Waals surface area (Å²) < 4.78 is 0. The second kappa shape index (κ2) is 9.94.